The van der Waals surface area contributed by atoms with Crippen LogP contribution in [0, 0.1) is 0 Å². The summed E-state index contributed by atoms with van der Waals surface area (Å²) in [5.41, 5.74) is 5.06. The molecule has 0 spiro atoms. The molecule has 0 unspecified atom stereocenters. The lowest BCUT2D eigenvalue weighted by Gasteiger charge is -2.25. The lowest BCUT2D eigenvalue weighted by atomic mass is 10.2. The zero-order chi connectivity index (χ0) is 12.1. The van der Waals surface area contributed by atoms with Crippen molar-refractivity contribution in [2.45, 2.75) is 12.5 Å². The van der Waals surface area contributed by atoms with Crippen LogP contribution in [0.5, 0.6) is 11.5 Å². The van der Waals surface area contributed by atoms with Crippen LogP contribution in [0.3, 0.4) is 0 Å². The van der Waals surface area contributed by atoms with Gasteiger partial charge in [-0.2, -0.15) is 0 Å². The summed E-state index contributed by atoms with van der Waals surface area (Å²) in [6.45, 7) is 2.00. The molecule has 1 heterocycles. The number of rotatable bonds is 5. The first kappa shape index (κ1) is 11.7. The number of hydrogen-bond acceptors (Lipinski definition) is 3. The Labute approximate surface area is 99.9 Å². The second-order valence-electron chi connectivity index (χ2n) is 4.03. The number of quaternary nitrogens is 1. The van der Waals surface area contributed by atoms with Gasteiger partial charge in [0.05, 0.1) is 13.0 Å². The van der Waals surface area contributed by atoms with E-state index in [-0.39, 0.29) is 12.0 Å². The molecule has 0 aromatic heterocycles. The first-order valence-corrected chi connectivity index (χ1v) is 5.74. The molecule has 0 radical (unpaired) electrons. The summed E-state index contributed by atoms with van der Waals surface area (Å²) < 4.78 is 11.3. The van der Waals surface area contributed by atoms with Crippen LogP contribution in [0.2, 0.25) is 0 Å². The maximum absolute atomic E-state index is 10.6. The largest absolute Gasteiger partial charge is 0.486 e. The van der Waals surface area contributed by atoms with E-state index in [2.05, 4.69) is 0 Å². The third-order valence-corrected chi connectivity index (χ3v) is 2.59. The van der Waals surface area contributed by atoms with Crippen molar-refractivity contribution in [1.82, 2.24) is 0 Å². The van der Waals surface area contributed by atoms with E-state index in [1.54, 1.807) is 0 Å². The number of para-hydroxylation sites is 2. The smallest absolute Gasteiger partial charge is 0.223 e. The summed E-state index contributed by atoms with van der Waals surface area (Å²) in [4.78, 5) is 10.6. The molecule has 1 atom stereocenters. The average Bonchev–Trinajstić information content (AvgIpc) is 2.34. The van der Waals surface area contributed by atoms with Gasteiger partial charge >= 0.3 is 0 Å². The molecular formula is C12H17N2O3+. The Morgan fingerprint density at radius 2 is 2.18 bits per heavy atom. The summed E-state index contributed by atoms with van der Waals surface area (Å²) in [7, 11) is 0. The molecule has 1 aliphatic rings. The second kappa shape index (κ2) is 5.54. The third-order valence-electron chi connectivity index (χ3n) is 2.59. The molecule has 1 amide bonds. The van der Waals surface area contributed by atoms with Crippen LogP contribution in [-0.4, -0.2) is 31.7 Å². The Hall–Kier alpha value is -1.75. The zero-order valence-electron chi connectivity index (χ0n) is 9.59. The fourth-order valence-corrected chi connectivity index (χ4v) is 1.73. The van der Waals surface area contributed by atoms with E-state index in [0.717, 1.165) is 18.0 Å². The molecule has 0 saturated carbocycles. The highest BCUT2D eigenvalue weighted by molar-refractivity contribution is 5.73. The van der Waals surface area contributed by atoms with Crippen molar-refractivity contribution >= 4 is 5.91 Å². The molecule has 0 saturated heterocycles. The first-order chi connectivity index (χ1) is 8.25. The monoisotopic (exact) mass is 237 g/mol. The van der Waals surface area contributed by atoms with Crippen LogP contribution in [-0.2, 0) is 4.79 Å². The van der Waals surface area contributed by atoms with Crippen molar-refractivity contribution in [2.24, 2.45) is 5.73 Å². The van der Waals surface area contributed by atoms with E-state index < -0.39 is 0 Å². The van der Waals surface area contributed by atoms with Gasteiger partial charge in [0.25, 0.3) is 0 Å². The lowest BCUT2D eigenvalue weighted by Crippen LogP contribution is -2.87. The van der Waals surface area contributed by atoms with Gasteiger partial charge in [-0.05, 0) is 12.1 Å². The Morgan fingerprint density at radius 3 is 2.94 bits per heavy atom. The third kappa shape index (κ3) is 3.35. The van der Waals surface area contributed by atoms with Gasteiger partial charge in [-0.25, -0.2) is 0 Å². The van der Waals surface area contributed by atoms with Crippen LogP contribution in [0.15, 0.2) is 24.3 Å². The zero-order valence-corrected chi connectivity index (χ0v) is 9.59. The highest BCUT2D eigenvalue weighted by Crippen LogP contribution is 2.30. The number of nitrogens with two attached hydrogens (primary N) is 2. The first-order valence-electron chi connectivity index (χ1n) is 5.74. The quantitative estimate of drug-likeness (QED) is 0.662. The van der Waals surface area contributed by atoms with Crippen molar-refractivity contribution in [3.63, 3.8) is 0 Å². The molecule has 0 aliphatic carbocycles. The molecule has 4 N–H and O–H groups in total. The molecule has 5 nitrogen and oxygen atoms in total. The Bertz CT molecular complexity index is 395. The highest BCUT2D eigenvalue weighted by Gasteiger charge is 2.21. The van der Waals surface area contributed by atoms with Crippen LogP contribution >= 0.6 is 0 Å². The van der Waals surface area contributed by atoms with E-state index in [1.165, 1.54) is 0 Å². The fraction of sp³-hybridized carbons (Fsp3) is 0.417. The van der Waals surface area contributed by atoms with Gasteiger partial charge in [0.2, 0.25) is 5.91 Å². The van der Waals surface area contributed by atoms with E-state index in [4.69, 9.17) is 15.2 Å². The summed E-state index contributed by atoms with van der Waals surface area (Å²) in [6, 6.07) is 7.62. The number of amides is 1. The SMILES string of the molecule is NC(=O)CC[NH2+]C[C@@H]1COc2ccccc2O1. The Kier molecular flexibility index (Phi) is 3.82. The van der Waals surface area contributed by atoms with Crippen molar-refractivity contribution in [2.75, 3.05) is 19.7 Å². The number of fused-ring (bicyclic) bond motifs is 1. The van der Waals surface area contributed by atoms with Crippen LogP contribution in [0.25, 0.3) is 0 Å². The van der Waals surface area contributed by atoms with Gasteiger partial charge < -0.3 is 20.5 Å². The molecular weight excluding hydrogens is 220 g/mol. The maximum atomic E-state index is 10.6. The maximum Gasteiger partial charge on any atom is 0.223 e. The van der Waals surface area contributed by atoms with Gasteiger partial charge in [-0.1, -0.05) is 12.1 Å². The van der Waals surface area contributed by atoms with Crippen molar-refractivity contribution < 1.29 is 19.6 Å². The van der Waals surface area contributed by atoms with Gasteiger partial charge in [0.15, 0.2) is 17.6 Å². The highest BCUT2D eigenvalue weighted by atomic mass is 16.6. The fourth-order valence-electron chi connectivity index (χ4n) is 1.73. The van der Waals surface area contributed by atoms with Crippen LogP contribution < -0.4 is 20.5 Å². The molecule has 0 bridgehead atoms. The Balaban J connectivity index is 1.76. The van der Waals surface area contributed by atoms with Crippen molar-refractivity contribution in [1.29, 1.82) is 0 Å². The van der Waals surface area contributed by atoms with Gasteiger partial charge in [0.1, 0.15) is 13.2 Å². The minimum atomic E-state index is -0.271. The average molecular weight is 237 g/mol. The summed E-state index contributed by atoms with van der Waals surface area (Å²) in [6.07, 6.45) is 0.419. The van der Waals surface area contributed by atoms with Crippen molar-refractivity contribution in [3.05, 3.63) is 24.3 Å². The summed E-state index contributed by atoms with van der Waals surface area (Å²) in [5, 5.41) is 2.02. The molecule has 92 valence electrons. The van der Waals surface area contributed by atoms with Gasteiger partial charge in [0, 0.05) is 0 Å². The van der Waals surface area contributed by atoms with E-state index in [9.17, 15) is 4.79 Å². The molecule has 1 aromatic carbocycles. The molecule has 1 aliphatic heterocycles. The Morgan fingerprint density at radius 1 is 1.41 bits per heavy atom. The number of carbonyl (C=O) groups is 1. The molecule has 2 rings (SSSR count). The lowest BCUT2D eigenvalue weighted by molar-refractivity contribution is -0.659. The molecule has 0 fully saturated rings. The number of primary amides is 1. The number of carbonyl (C=O) groups excluding carboxylic acids is 1. The predicted molar refractivity (Wildman–Crippen MR) is 61.8 cm³/mol. The van der Waals surface area contributed by atoms with Gasteiger partial charge in [-0.15, -0.1) is 0 Å². The molecule has 1 aromatic rings. The second-order valence-corrected chi connectivity index (χ2v) is 4.03. The summed E-state index contributed by atoms with van der Waals surface area (Å²) in [5.74, 6) is 1.31. The van der Waals surface area contributed by atoms with Gasteiger partial charge in [-0.3, -0.25) is 4.79 Å². The summed E-state index contributed by atoms with van der Waals surface area (Å²) >= 11 is 0. The molecule has 5 heteroatoms. The molecule has 17 heavy (non-hydrogen) atoms. The van der Waals surface area contributed by atoms with Crippen LogP contribution in [0.4, 0.5) is 0 Å². The van der Waals surface area contributed by atoms with E-state index in [0.29, 0.717) is 19.6 Å². The number of ether oxygens (including phenoxy) is 2. The minimum absolute atomic E-state index is 0.0257. The van der Waals surface area contributed by atoms with E-state index >= 15 is 0 Å². The van der Waals surface area contributed by atoms with Crippen LogP contribution in [0.1, 0.15) is 6.42 Å². The van der Waals surface area contributed by atoms with Crippen molar-refractivity contribution in [3.8, 4) is 11.5 Å². The number of hydrogen-bond donors (Lipinski definition) is 2. The number of benzene rings is 1. The minimum Gasteiger partial charge on any atom is -0.486 e. The normalized spacial score (nSPS) is 17.8. The van der Waals surface area contributed by atoms with E-state index in [1.807, 2.05) is 29.6 Å². The topological polar surface area (TPSA) is 78.2 Å². The predicted octanol–water partition coefficient (Wildman–Crippen LogP) is -0.735. The standard InChI is InChI=1S/C12H16N2O3/c13-12(15)5-6-14-7-9-8-16-10-3-1-2-4-11(10)17-9/h1-4,9,14H,5-8H2,(H2,13,15)/p+1/t9-/m1/s1.